The van der Waals surface area contributed by atoms with Gasteiger partial charge in [0.05, 0.1) is 34.5 Å². The molecule has 2 aliphatic carbocycles. The molecule has 0 amide bonds. The summed E-state index contributed by atoms with van der Waals surface area (Å²) in [6.45, 7) is 5.95. The topological polar surface area (TPSA) is 188 Å². The molecular weight excluding hydrogens is 693 g/mol. The molecule has 0 bridgehead atoms. The fraction of sp³-hybridized carbons (Fsp3) is 0.500. The molecule has 4 aromatic rings. The SMILES string of the molecule is CN1CCN(S(=O)(=O)c2ccc(-c3cnc(Nc4ccnc(-c5cnn(S(=O)(=O)C6CC6)c5)n4)cc3NC3CCC(C(C)(C)O)CC3)nc2)CC1. The Morgan fingerprint density at radius 3 is 2.27 bits per heavy atom. The highest BCUT2D eigenvalue weighted by molar-refractivity contribution is 7.90. The van der Waals surface area contributed by atoms with E-state index in [1.165, 1.54) is 22.9 Å². The van der Waals surface area contributed by atoms with Crippen LogP contribution >= 0.6 is 0 Å². The summed E-state index contributed by atoms with van der Waals surface area (Å²) in [5.74, 6) is 1.48. The zero-order valence-electron chi connectivity index (χ0n) is 29.0. The Kier molecular flexibility index (Phi) is 9.60. The summed E-state index contributed by atoms with van der Waals surface area (Å²) in [5, 5.41) is 21.2. The lowest BCUT2D eigenvalue weighted by Gasteiger charge is -2.36. The first kappa shape index (κ1) is 35.4. The Labute approximate surface area is 298 Å². The number of likely N-dealkylation sites (N-methyl/N-ethyl adjacent to an activating group) is 1. The third kappa shape index (κ3) is 7.77. The number of piperazine rings is 1. The van der Waals surface area contributed by atoms with Crippen LogP contribution < -0.4 is 10.6 Å². The van der Waals surface area contributed by atoms with Crippen LogP contribution in [0.3, 0.4) is 0 Å². The lowest BCUT2D eigenvalue weighted by molar-refractivity contribution is -0.000393. The summed E-state index contributed by atoms with van der Waals surface area (Å²) in [7, 11) is -5.21. The minimum Gasteiger partial charge on any atom is -0.390 e. The van der Waals surface area contributed by atoms with Crippen LogP contribution in [0.2, 0.25) is 0 Å². The maximum absolute atomic E-state index is 13.4. The average Bonchev–Trinajstić information content (AvgIpc) is 3.85. The number of nitrogens with zero attached hydrogens (tertiary/aromatic N) is 8. The van der Waals surface area contributed by atoms with E-state index in [9.17, 15) is 21.9 Å². The molecule has 2 saturated carbocycles. The van der Waals surface area contributed by atoms with Crippen LogP contribution in [0.15, 0.2) is 60.1 Å². The molecule has 0 spiro atoms. The monoisotopic (exact) mass is 736 g/mol. The second-order valence-corrected chi connectivity index (χ2v) is 18.3. The number of pyridine rings is 2. The van der Waals surface area contributed by atoms with E-state index in [0.29, 0.717) is 73.3 Å². The van der Waals surface area contributed by atoms with Gasteiger partial charge in [-0.15, -0.1) is 0 Å². The van der Waals surface area contributed by atoms with Crippen LogP contribution in [-0.4, -0.2) is 110 Å². The molecular formula is C34H44N10O5S2. The molecule has 1 saturated heterocycles. The summed E-state index contributed by atoms with van der Waals surface area (Å²) in [6, 6.07) is 7.01. The second-order valence-electron chi connectivity index (χ2n) is 14.3. The first-order valence-electron chi connectivity index (χ1n) is 17.3. The fourth-order valence-electron chi connectivity index (χ4n) is 6.66. The number of aliphatic hydroxyl groups is 1. The van der Waals surface area contributed by atoms with Gasteiger partial charge in [-0.2, -0.15) is 13.5 Å². The van der Waals surface area contributed by atoms with Crippen molar-refractivity contribution in [3.05, 3.63) is 55.2 Å². The molecule has 15 nitrogen and oxygen atoms in total. The first-order chi connectivity index (χ1) is 24.3. The van der Waals surface area contributed by atoms with E-state index in [4.69, 9.17) is 0 Å². The van der Waals surface area contributed by atoms with Crippen LogP contribution in [-0.2, 0) is 20.0 Å². The van der Waals surface area contributed by atoms with Crippen molar-refractivity contribution in [3.63, 3.8) is 0 Å². The van der Waals surface area contributed by atoms with Gasteiger partial charge in [0.2, 0.25) is 10.0 Å². The van der Waals surface area contributed by atoms with E-state index in [-0.39, 0.29) is 16.9 Å². The molecule has 0 unspecified atom stereocenters. The first-order valence-corrected chi connectivity index (χ1v) is 20.3. The number of hydrogen-bond donors (Lipinski definition) is 3. The van der Waals surface area contributed by atoms with Crippen molar-refractivity contribution in [2.24, 2.45) is 5.92 Å². The average molecular weight is 737 g/mol. The van der Waals surface area contributed by atoms with Crippen molar-refractivity contribution in [1.82, 2.24) is 38.3 Å². The van der Waals surface area contributed by atoms with E-state index in [2.05, 4.69) is 40.6 Å². The van der Waals surface area contributed by atoms with Gasteiger partial charge < -0.3 is 20.6 Å². The largest absolute Gasteiger partial charge is 0.390 e. The van der Waals surface area contributed by atoms with Gasteiger partial charge in [0, 0.05) is 68.1 Å². The highest BCUT2D eigenvalue weighted by Gasteiger charge is 2.38. The fourth-order valence-corrected chi connectivity index (χ4v) is 9.50. The Bertz CT molecular complexity index is 2080. The number of hydrogen-bond acceptors (Lipinski definition) is 13. The molecule has 0 atom stereocenters. The molecule has 3 N–H and O–H groups in total. The van der Waals surface area contributed by atoms with Crippen LogP contribution in [0.1, 0.15) is 52.4 Å². The van der Waals surface area contributed by atoms with E-state index >= 15 is 0 Å². The van der Waals surface area contributed by atoms with Crippen molar-refractivity contribution in [2.75, 3.05) is 43.9 Å². The Balaban J connectivity index is 1.14. The third-order valence-corrected chi connectivity index (χ3v) is 14.0. The number of rotatable bonds is 11. The number of aromatic nitrogens is 6. The molecule has 17 heteroatoms. The summed E-state index contributed by atoms with van der Waals surface area (Å²) in [4.78, 5) is 20.4. The van der Waals surface area contributed by atoms with Crippen LogP contribution in [0.5, 0.6) is 0 Å². The second kappa shape index (κ2) is 13.8. The van der Waals surface area contributed by atoms with Gasteiger partial charge in [-0.3, -0.25) is 4.98 Å². The number of sulfonamides is 1. The Morgan fingerprint density at radius 1 is 0.863 bits per heavy atom. The molecule has 3 aliphatic rings. The maximum atomic E-state index is 13.4. The van der Waals surface area contributed by atoms with E-state index < -0.39 is 30.9 Å². The van der Waals surface area contributed by atoms with Crippen molar-refractivity contribution in [1.29, 1.82) is 0 Å². The Hall–Kier alpha value is -4.03. The zero-order valence-corrected chi connectivity index (χ0v) is 30.6. The molecule has 4 aromatic heterocycles. The number of anilines is 3. The molecule has 0 aromatic carbocycles. The van der Waals surface area contributed by atoms with Gasteiger partial charge in [0.15, 0.2) is 5.82 Å². The van der Waals surface area contributed by atoms with Crippen molar-refractivity contribution in [2.45, 2.75) is 74.2 Å². The van der Waals surface area contributed by atoms with Gasteiger partial charge in [-0.1, -0.05) is 0 Å². The van der Waals surface area contributed by atoms with Crippen molar-refractivity contribution >= 4 is 37.4 Å². The molecule has 51 heavy (non-hydrogen) atoms. The van der Waals surface area contributed by atoms with Crippen LogP contribution in [0, 0.1) is 5.92 Å². The van der Waals surface area contributed by atoms with E-state index in [0.717, 1.165) is 35.5 Å². The number of nitrogens with one attached hydrogen (secondary N) is 2. The minimum atomic E-state index is -3.67. The van der Waals surface area contributed by atoms with Gasteiger partial charge in [0.1, 0.15) is 16.5 Å². The van der Waals surface area contributed by atoms with Crippen molar-refractivity contribution < 1.29 is 21.9 Å². The van der Waals surface area contributed by atoms with Crippen LogP contribution in [0.25, 0.3) is 22.6 Å². The molecule has 7 rings (SSSR count). The minimum absolute atomic E-state index is 0.142. The molecule has 5 heterocycles. The van der Waals surface area contributed by atoms with Crippen molar-refractivity contribution in [3.8, 4) is 22.6 Å². The van der Waals surface area contributed by atoms with Crippen LogP contribution in [0.4, 0.5) is 17.3 Å². The highest BCUT2D eigenvalue weighted by atomic mass is 32.2. The van der Waals surface area contributed by atoms with Gasteiger partial charge in [0.25, 0.3) is 10.0 Å². The molecule has 3 fully saturated rings. The summed E-state index contributed by atoms with van der Waals surface area (Å²) in [6.07, 6.45) is 12.3. The van der Waals surface area contributed by atoms with E-state index in [1.807, 2.05) is 27.0 Å². The third-order valence-electron chi connectivity index (χ3n) is 10.0. The summed E-state index contributed by atoms with van der Waals surface area (Å²) in [5.41, 5.74) is 1.78. The normalized spacial score (nSPS) is 21.0. The molecule has 272 valence electrons. The predicted molar refractivity (Wildman–Crippen MR) is 193 cm³/mol. The highest BCUT2D eigenvalue weighted by Crippen LogP contribution is 2.36. The quantitative estimate of drug-likeness (QED) is 0.203. The zero-order chi connectivity index (χ0) is 36.0. The van der Waals surface area contributed by atoms with Gasteiger partial charge >= 0.3 is 0 Å². The van der Waals surface area contributed by atoms with E-state index in [1.54, 1.807) is 30.6 Å². The lowest BCUT2D eigenvalue weighted by Crippen LogP contribution is -2.47. The smallest absolute Gasteiger partial charge is 0.256 e. The maximum Gasteiger partial charge on any atom is 0.256 e. The summed E-state index contributed by atoms with van der Waals surface area (Å²) >= 11 is 0. The lowest BCUT2D eigenvalue weighted by atomic mass is 9.77. The Morgan fingerprint density at radius 2 is 1.61 bits per heavy atom. The predicted octanol–water partition coefficient (Wildman–Crippen LogP) is 3.56. The summed E-state index contributed by atoms with van der Waals surface area (Å²) < 4.78 is 54.5. The van der Waals surface area contributed by atoms with Gasteiger partial charge in [-0.05, 0) is 83.5 Å². The molecule has 1 aliphatic heterocycles. The standard InChI is InChI=1S/C34H44N10O5S2/c1-34(2,45)24-4-6-25(7-5-24)39-30-18-32(40-31-12-13-35-33(41-31)23-19-38-44(22-23)51(48,49)26-8-9-26)37-21-28(30)29-11-10-27(20-36-29)50(46,47)43-16-14-42(3)15-17-43/h10-13,18-22,24-26,45H,4-9,14-17H2,1-3H3,(H2,35,37,39,40,41). The molecule has 0 radical (unpaired) electrons. The van der Waals surface area contributed by atoms with Gasteiger partial charge in [-0.25, -0.2) is 31.8 Å².